The summed E-state index contributed by atoms with van der Waals surface area (Å²) in [5.41, 5.74) is 1.20. The number of hydrogen-bond donors (Lipinski definition) is 2. The highest BCUT2D eigenvalue weighted by atomic mass is 32.1. The van der Waals surface area contributed by atoms with Gasteiger partial charge in [0.05, 0.1) is 5.69 Å². The lowest BCUT2D eigenvalue weighted by atomic mass is 9.87. The second kappa shape index (κ2) is 7.48. The first-order valence-corrected chi connectivity index (χ1v) is 9.43. The van der Waals surface area contributed by atoms with Gasteiger partial charge in [-0.05, 0) is 31.0 Å². The first kappa shape index (κ1) is 19.0. The van der Waals surface area contributed by atoms with E-state index in [0.29, 0.717) is 22.4 Å². The summed E-state index contributed by atoms with van der Waals surface area (Å²) in [5, 5.41) is 11.5. The van der Waals surface area contributed by atoms with Gasteiger partial charge in [0.1, 0.15) is 17.3 Å². The van der Waals surface area contributed by atoms with Gasteiger partial charge in [0.25, 0.3) is 5.91 Å². The van der Waals surface area contributed by atoms with Crippen molar-refractivity contribution in [3.05, 3.63) is 52.5 Å². The van der Waals surface area contributed by atoms with E-state index in [1.165, 1.54) is 17.4 Å². The molecule has 0 bridgehead atoms. The summed E-state index contributed by atoms with van der Waals surface area (Å²) in [6, 6.07) is 6.59. The van der Waals surface area contributed by atoms with Crippen LogP contribution in [0.15, 0.2) is 34.2 Å². The van der Waals surface area contributed by atoms with E-state index in [9.17, 15) is 9.18 Å². The van der Waals surface area contributed by atoms with Crippen molar-refractivity contribution in [2.45, 2.75) is 39.5 Å². The fraction of sp³-hybridized carbons (Fsp3) is 0.316. The Labute approximate surface area is 160 Å². The second-order valence-electron chi connectivity index (χ2n) is 6.91. The van der Waals surface area contributed by atoms with Gasteiger partial charge in [-0.25, -0.2) is 9.37 Å². The zero-order valence-electron chi connectivity index (χ0n) is 15.6. The Hall–Kier alpha value is -2.74. The highest BCUT2D eigenvalue weighted by Crippen LogP contribution is 2.29. The van der Waals surface area contributed by atoms with E-state index < -0.39 is 5.91 Å². The minimum Gasteiger partial charge on any atom is -0.359 e. The topological polar surface area (TPSA) is 80.0 Å². The average Bonchev–Trinajstić information content (AvgIpc) is 3.27. The highest BCUT2D eigenvalue weighted by Gasteiger charge is 2.24. The number of amides is 1. The minimum absolute atomic E-state index is 0.161. The molecule has 0 saturated heterocycles. The highest BCUT2D eigenvalue weighted by molar-refractivity contribution is 7.14. The van der Waals surface area contributed by atoms with Gasteiger partial charge < -0.3 is 15.2 Å². The molecule has 1 amide bonds. The summed E-state index contributed by atoms with van der Waals surface area (Å²) < 4.78 is 19.3. The van der Waals surface area contributed by atoms with Crippen molar-refractivity contribution in [3.63, 3.8) is 0 Å². The van der Waals surface area contributed by atoms with Crippen molar-refractivity contribution in [3.8, 4) is 0 Å². The summed E-state index contributed by atoms with van der Waals surface area (Å²) >= 11 is 1.22. The molecule has 0 fully saturated rings. The van der Waals surface area contributed by atoms with Crippen molar-refractivity contribution in [2.75, 3.05) is 10.6 Å². The second-order valence-corrected chi connectivity index (χ2v) is 7.77. The predicted octanol–water partition coefficient (Wildman–Crippen LogP) is 5.26. The van der Waals surface area contributed by atoms with Crippen molar-refractivity contribution >= 4 is 33.9 Å². The van der Waals surface area contributed by atoms with Gasteiger partial charge in [0.15, 0.2) is 10.9 Å². The number of rotatable bonds is 6. The third-order valence-electron chi connectivity index (χ3n) is 4.41. The summed E-state index contributed by atoms with van der Waals surface area (Å²) in [7, 11) is 0. The van der Waals surface area contributed by atoms with Crippen LogP contribution in [0.2, 0.25) is 0 Å². The fourth-order valence-corrected chi connectivity index (χ4v) is 2.98. The molecule has 2 heterocycles. The first-order valence-electron chi connectivity index (χ1n) is 8.56. The van der Waals surface area contributed by atoms with Gasteiger partial charge in [0, 0.05) is 16.9 Å². The molecule has 2 N–H and O–H groups in total. The number of carbonyl (C=O) groups excluding carboxylic acids is 1. The normalized spacial score (nSPS) is 11.4. The minimum atomic E-state index is -0.405. The van der Waals surface area contributed by atoms with Crippen molar-refractivity contribution in [1.29, 1.82) is 0 Å². The standard InChI is InChI=1S/C19H21FN4O2S/c1-5-19(3,4)15-9-16(24-26-15)23-17(25)14-10-27-18(22-14)21-13-7-6-11(2)8-12(13)20/h6-10H,5H2,1-4H3,(H,21,22)(H,23,24,25). The molecule has 3 aromatic rings. The van der Waals surface area contributed by atoms with E-state index in [0.717, 1.165) is 12.0 Å². The van der Waals surface area contributed by atoms with Crippen LogP contribution in [0.3, 0.4) is 0 Å². The zero-order valence-corrected chi connectivity index (χ0v) is 16.4. The number of carbonyl (C=O) groups is 1. The quantitative estimate of drug-likeness (QED) is 0.602. The van der Waals surface area contributed by atoms with E-state index in [1.807, 2.05) is 20.8 Å². The number of benzene rings is 1. The zero-order chi connectivity index (χ0) is 19.6. The van der Waals surface area contributed by atoms with E-state index in [1.54, 1.807) is 23.6 Å². The molecule has 3 rings (SSSR count). The number of anilines is 3. The number of nitrogens with one attached hydrogen (secondary N) is 2. The maximum absolute atomic E-state index is 13.9. The summed E-state index contributed by atoms with van der Waals surface area (Å²) in [5.74, 6) is 0.266. The molecular weight excluding hydrogens is 367 g/mol. The molecule has 27 heavy (non-hydrogen) atoms. The lowest BCUT2D eigenvalue weighted by Gasteiger charge is -2.17. The SMILES string of the molecule is CCC(C)(C)c1cc(NC(=O)c2csc(Nc3ccc(C)cc3F)n2)no1. The van der Waals surface area contributed by atoms with Gasteiger partial charge >= 0.3 is 0 Å². The lowest BCUT2D eigenvalue weighted by molar-refractivity contribution is 0.102. The maximum Gasteiger partial charge on any atom is 0.276 e. The molecule has 2 aromatic heterocycles. The number of aryl methyl sites for hydroxylation is 1. The van der Waals surface area contributed by atoms with Crippen molar-refractivity contribution in [2.24, 2.45) is 0 Å². The number of halogens is 1. The van der Waals surface area contributed by atoms with Gasteiger partial charge in [-0.3, -0.25) is 4.79 Å². The molecule has 1 aromatic carbocycles. The van der Waals surface area contributed by atoms with Crippen LogP contribution in [0.5, 0.6) is 0 Å². The van der Waals surface area contributed by atoms with Crippen LogP contribution in [0, 0.1) is 12.7 Å². The number of thiazole rings is 1. The van der Waals surface area contributed by atoms with Crippen LogP contribution >= 0.6 is 11.3 Å². The van der Waals surface area contributed by atoms with E-state index in [-0.39, 0.29) is 16.9 Å². The number of hydrogen-bond acceptors (Lipinski definition) is 6. The Balaban J connectivity index is 1.68. The van der Waals surface area contributed by atoms with Crippen LogP contribution in [0.1, 0.15) is 49.0 Å². The molecule has 0 aliphatic heterocycles. The maximum atomic E-state index is 13.9. The van der Waals surface area contributed by atoms with E-state index in [2.05, 4.69) is 27.7 Å². The van der Waals surface area contributed by atoms with Gasteiger partial charge in [-0.1, -0.05) is 32.0 Å². The molecule has 0 unspecified atom stereocenters. The molecular formula is C19H21FN4O2S. The van der Waals surface area contributed by atoms with Crippen LogP contribution < -0.4 is 10.6 Å². The number of nitrogens with zero attached hydrogens (tertiary/aromatic N) is 2. The van der Waals surface area contributed by atoms with Gasteiger partial charge in [-0.15, -0.1) is 11.3 Å². The Bertz CT molecular complexity index is 964. The van der Waals surface area contributed by atoms with Crippen LogP contribution in [-0.4, -0.2) is 16.0 Å². The third kappa shape index (κ3) is 4.33. The lowest BCUT2D eigenvalue weighted by Crippen LogP contribution is -2.14. The molecule has 0 atom stereocenters. The Kier molecular flexibility index (Phi) is 5.27. The van der Waals surface area contributed by atoms with Crippen molar-refractivity contribution < 1.29 is 13.7 Å². The van der Waals surface area contributed by atoms with Crippen LogP contribution in [0.4, 0.5) is 21.0 Å². The summed E-state index contributed by atoms with van der Waals surface area (Å²) in [4.78, 5) is 16.6. The molecule has 0 spiro atoms. The summed E-state index contributed by atoms with van der Waals surface area (Å²) in [6.45, 7) is 7.96. The largest absolute Gasteiger partial charge is 0.359 e. The van der Waals surface area contributed by atoms with Crippen LogP contribution in [-0.2, 0) is 5.41 Å². The molecule has 6 nitrogen and oxygen atoms in total. The molecule has 0 radical (unpaired) electrons. The molecule has 0 aliphatic carbocycles. The molecule has 142 valence electrons. The molecule has 0 saturated carbocycles. The average molecular weight is 388 g/mol. The first-order chi connectivity index (χ1) is 12.8. The van der Waals surface area contributed by atoms with E-state index in [4.69, 9.17) is 4.52 Å². The Morgan fingerprint density at radius 3 is 2.81 bits per heavy atom. The Morgan fingerprint density at radius 2 is 2.11 bits per heavy atom. The fourth-order valence-electron chi connectivity index (χ4n) is 2.28. The Morgan fingerprint density at radius 1 is 1.33 bits per heavy atom. The predicted molar refractivity (Wildman–Crippen MR) is 104 cm³/mol. The molecule has 0 aliphatic rings. The van der Waals surface area contributed by atoms with Gasteiger partial charge in [-0.2, -0.15) is 0 Å². The number of aromatic nitrogens is 2. The van der Waals surface area contributed by atoms with E-state index >= 15 is 0 Å². The molecule has 8 heteroatoms. The summed E-state index contributed by atoms with van der Waals surface area (Å²) in [6.07, 6.45) is 0.881. The van der Waals surface area contributed by atoms with Crippen LogP contribution in [0.25, 0.3) is 0 Å². The van der Waals surface area contributed by atoms with Gasteiger partial charge in [0.2, 0.25) is 0 Å². The third-order valence-corrected chi connectivity index (χ3v) is 5.16. The monoisotopic (exact) mass is 388 g/mol. The smallest absolute Gasteiger partial charge is 0.276 e. The van der Waals surface area contributed by atoms with Crippen molar-refractivity contribution in [1.82, 2.24) is 10.1 Å².